The average molecular weight is 303 g/mol. The molecular weight excluding hydrogens is 294 g/mol. The van der Waals surface area contributed by atoms with Crippen molar-refractivity contribution in [3.63, 3.8) is 0 Å². The van der Waals surface area contributed by atoms with Gasteiger partial charge in [0.1, 0.15) is 0 Å². The lowest BCUT2D eigenvalue weighted by molar-refractivity contribution is 0.101. The van der Waals surface area contributed by atoms with E-state index in [-0.39, 0.29) is 16.2 Å². The fraction of sp³-hybridized carbons (Fsp3) is 0. The van der Waals surface area contributed by atoms with Gasteiger partial charge >= 0.3 is 0 Å². The van der Waals surface area contributed by atoms with Crippen LogP contribution in [0.4, 0.5) is 0 Å². The van der Waals surface area contributed by atoms with Crippen LogP contribution >= 0.6 is 23.6 Å². The minimum absolute atomic E-state index is 0.151. The molecular formula is C13H9N3O2S2. The van der Waals surface area contributed by atoms with Crippen molar-refractivity contribution in [1.29, 1.82) is 0 Å². The highest BCUT2D eigenvalue weighted by atomic mass is 32.1. The Morgan fingerprint density at radius 2 is 2.05 bits per heavy atom. The summed E-state index contributed by atoms with van der Waals surface area (Å²) in [5, 5.41) is 2.26. The molecule has 0 spiro atoms. The number of fused-ring (bicyclic) bond motifs is 1. The third-order valence-electron chi connectivity index (χ3n) is 2.76. The highest BCUT2D eigenvalue weighted by Crippen LogP contribution is 2.09. The van der Waals surface area contributed by atoms with E-state index in [0.717, 1.165) is 4.68 Å². The molecule has 20 heavy (non-hydrogen) atoms. The fourth-order valence-corrected chi connectivity index (χ4v) is 2.68. The molecule has 2 N–H and O–H groups in total. The van der Waals surface area contributed by atoms with E-state index < -0.39 is 0 Å². The van der Waals surface area contributed by atoms with Crippen LogP contribution in [0.1, 0.15) is 9.67 Å². The smallest absolute Gasteiger partial charge is 0.281 e. The van der Waals surface area contributed by atoms with Crippen LogP contribution in [0, 0.1) is 4.77 Å². The van der Waals surface area contributed by atoms with Crippen LogP contribution in [-0.2, 0) is 0 Å². The number of thiophene rings is 1. The number of hydrogen-bond acceptors (Lipinski definition) is 4. The molecule has 1 aromatic carbocycles. The van der Waals surface area contributed by atoms with Gasteiger partial charge < -0.3 is 4.98 Å². The van der Waals surface area contributed by atoms with E-state index in [1.165, 1.54) is 11.3 Å². The first-order chi connectivity index (χ1) is 9.66. The molecule has 0 atom stereocenters. The van der Waals surface area contributed by atoms with E-state index in [2.05, 4.69) is 10.4 Å². The number of nitrogens with one attached hydrogen (secondary N) is 2. The standard InChI is InChI=1S/C13H9N3O2S2/c17-11(10-6-3-7-20-10)15-16-12(18)8-4-1-2-5-9(8)14-13(16)19/h1-7H,(H,14,19)(H,15,17). The Kier molecular flexibility index (Phi) is 3.21. The van der Waals surface area contributed by atoms with Gasteiger partial charge in [0.05, 0.1) is 15.8 Å². The predicted molar refractivity (Wildman–Crippen MR) is 81.4 cm³/mol. The molecule has 0 bridgehead atoms. The molecule has 3 aromatic rings. The summed E-state index contributed by atoms with van der Waals surface area (Å²) < 4.78 is 1.21. The number of carbonyl (C=O) groups excluding carboxylic acids is 1. The maximum atomic E-state index is 12.3. The number of nitrogens with zero attached hydrogens (tertiary/aromatic N) is 1. The zero-order valence-corrected chi connectivity index (χ0v) is 11.8. The highest BCUT2D eigenvalue weighted by Gasteiger charge is 2.10. The quantitative estimate of drug-likeness (QED) is 0.715. The molecule has 0 aliphatic rings. The molecule has 2 aromatic heterocycles. The first kappa shape index (κ1) is 12.8. The van der Waals surface area contributed by atoms with Gasteiger partial charge in [0.2, 0.25) is 0 Å². The highest BCUT2D eigenvalue weighted by molar-refractivity contribution is 7.71. The van der Waals surface area contributed by atoms with Crippen molar-refractivity contribution in [3.8, 4) is 0 Å². The van der Waals surface area contributed by atoms with E-state index in [0.29, 0.717) is 15.8 Å². The minimum Gasteiger partial charge on any atom is -0.330 e. The summed E-state index contributed by atoms with van der Waals surface area (Å²) in [4.78, 5) is 27.7. The van der Waals surface area contributed by atoms with Gasteiger partial charge in [-0.2, -0.15) is 4.68 Å². The van der Waals surface area contributed by atoms with Gasteiger partial charge in [0.25, 0.3) is 11.5 Å². The maximum Gasteiger partial charge on any atom is 0.281 e. The zero-order chi connectivity index (χ0) is 14.1. The van der Waals surface area contributed by atoms with Crippen LogP contribution in [0.3, 0.4) is 0 Å². The lowest BCUT2D eigenvalue weighted by Crippen LogP contribution is -2.34. The largest absolute Gasteiger partial charge is 0.330 e. The number of aromatic nitrogens is 2. The summed E-state index contributed by atoms with van der Waals surface area (Å²) in [7, 11) is 0. The second-order valence-electron chi connectivity index (χ2n) is 4.03. The number of para-hydroxylation sites is 1. The van der Waals surface area contributed by atoms with E-state index in [1.807, 2.05) is 6.07 Å². The molecule has 0 unspecified atom stereocenters. The summed E-state index contributed by atoms with van der Waals surface area (Å²) in [6.07, 6.45) is 0. The number of aromatic amines is 1. The summed E-state index contributed by atoms with van der Waals surface area (Å²) in [6, 6.07) is 10.4. The van der Waals surface area contributed by atoms with Gasteiger partial charge in [-0.05, 0) is 35.8 Å². The topological polar surface area (TPSA) is 66.9 Å². The van der Waals surface area contributed by atoms with Gasteiger partial charge in [0.15, 0.2) is 4.77 Å². The maximum absolute atomic E-state index is 12.3. The fourth-order valence-electron chi connectivity index (χ4n) is 1.83. The number of H-pyrrole nitrogens is 1. The number of benzene rings is 1. The van der Waals surface area contributed by atoms with Gasteiger partial charge in [-0.1, -0.05) is 18.2 Å². The van der Waals surface area contributed by atoms with Crippen LogP contribution in [0.2, 0.25) is 0 Å². The lowest BCUT2D eigenvalue weighted by Gasteiger charge is -2.08. The first-order valence-corrected chi connectivity index (χ1v) is 7.04. The molecule has 7 heteroatoms. The average Bonchev–Trinajstić information content (AvgIpc) is 2.97. The van der Waals surface area contributed by atoms with Crippen LogP contribution in [0.5, 0.6) is 0 Å². The van der Waals surface area contributed by atoms with Crippen molar-refractivity contribution in [2.45, 2.75) is 0 Å². The lowest BCUT2D eigenvalue weighted by atomic mass is 10.2. The molecule has 0 saturated carbocycles. The van der Waals surface area contributed by atoms with E-state index in [4.69, 9.17) is 12.2 Å². The molecule has 5 nitrogen and oxygen atoms in total. The molecule has 0 fully saturated rings. The van der Waals surface area contributed by atoms with E-state index in [1.54, 1.807) is 35.7 Å². The van der Waals surface area contributed by atoms with Crippen molar-refractivity contribution < 1.29 is 4.79 Å². The van der Waals surface area contributed by atoms with Crippen LogP contribution < -0.4 is 11.0 Å². The molecule has 0 aliphatic heterocycles. The van der Waals surface area contributed by atoms with Crippen LogP contribution in [-0.4, -0.2) is 15.6 Å². The van der Waals surface area contributed by atoms with Gasteiger partial charge in [-0.15, -0.1) is 11.3 Å². The molecule has 0 aliphatic carbocycles. The number of hydrogen-bond donors (Lipinski definition) is 2. The van der Waals surface area contributed by atoms with Crippen molar-refractivity contribution >= 4 is 40.4 Å². The van der Waals surface area contributed by atoms with Gasteiger partial charge in [-0.25, -0.2) is 0 Å². The second kappa shape index (κ2) is 5.03. The Hall–Kier alpha value is -2.25. The van der Waals surface area contributed by atoms with Crippen molar-refractivity contribution in [2.24, 2.45) is 0 Å². The van der Waals surface area contributed by atoms with E-state index >= 15 is 0 Å². The minimum atomic E-state index is -0.364. The van der Waals surface area contributed by atoms with Gasteiger partial charge in [0, 0.05) is 0 Å². The summed E-state index contributed by atoms with van der Waals surface area (Å²) in [5.41, 5.74) is 2.80. The van der Waals surface area contributed by atoms with Gasteiger partial charge in [-0.3, -0.25) is 15.0 Å². The first-order valence-electron chi connectivity index (χ1n) is 5.76. The monoisotopic (exact) mass is 303 g/mol. The zero-order valence-electron chi connectivity index (χ0n) is 10.1. The number of rotatable bonds is 2. The SMILES string of the molecule is O=C(Nn1c(=S)[nH]c2ccccc2c1=O)c1cccs1. The van der Waals surface area contributed by atoms with Crippen LogP contribution in [0.25, 0.3) is 10.9 Å². The van der Waals surface area contributed by atoms with Crippen molar-refractivity contribution in [1.82, 2.24) is 9.66 Å². The second-order valence-corrected chi connectivity index (χ2v) is 5.37. The Bertz CT molecular complexity index is 894. The Balaban J connectivity index is 2.10. The number of carbonyl (C=O) groups is 1. The van der Waals surface area contributed by atoms with Crippen molar-refractivity contribution in [2.75, 3.05) is 5.43 Å². The third kappa shape index (κ3) is 2.17. The third-order valence-corrected chi connectivity index (χ3v) is 3.92. The predicted octanol–water partition coefficient (Wildman–Crippen LogP) is 2.50. The summed E-state index contributed by atoms with van der Waals surface area (Å²) in [5.74, 6) is -0.364. The van der Waals surface area contributed by atoms with Crippen molar-refractivity contribution in [3.05, 3.63) is 61.8 Å². The Labute approximate surface area is 122 Å². The summed E-state index contributed by atoms with van der Waals surface area (Å²) >= 11 is 6.40. The molecule has 100 valence electrons. The molecule has 0 saturated heterocycles. The van der Waals surface area contributed by atoms with E-state index in [9.17, 15) is 9.59 Å². The Morgan fingerprint density at radius 3 is 2.80 bits per heavy atom. The summed E-state index contributed by atoms with van der Waals surface area (Å²) in [6.45, 7) is 0. The van der Waals surface area contributed by atoms with Crippen LogP contribution in [0.15, 0.2) is 46.6 Å². The molecule has 1 amide bonds. The molecule has 2 heterocycles. The normalized spacial score (nSPS) is 10.6. The Morgan fingerprint density at radius 1 is 1.25 bits per heavy atom. The molecule has 3 rings (SSSR count). The molecule has 0 radical (unpaired) electrons. The number of amides is 1.